The average molecular weight is 483 g/mol. The highest BCUT2D eigenvalue weighted by Gasteiger charge is 2.44. The minimum Gasteiger partial charge on any atom is -0.508 e. The van der Waals surface area contributed by atoms with Gasteiger partial charge in [-0.05, 0) is 61.1 Å². The molecule has 0 aromatic heterocycles. The number of nitrogens with one attached hydrogen (secondary N) is 2. The summed E-state index contributed by atoms with van der Waals surface area (Å²) >= 11 is 0. The van der Waals surface area contributed by atoms with Gasteiger partial charge < -0.3 is 15.7 Å². The Kier molecular flexibility index (Phi) is 7.89. The average Bonchev–Trinajstić information content (AvgIpc) is 3.44. The Labute approximate surface area is 177 Å². The minimum absolute atomic E-state index is 0. The van der Waals surface area contributed by atoms with Crippen LogP contribution in [0.4, 0.5) is 4.39 Å². The van der Waals surface area contributed by atoms with Crippen molar-refractivity contribution in [2.75, 3.05) is 20.1 Å². The number of halogens is 2. The smallest absolute Gasteiger partial charge is 0.191 e. The monoisotopic (exact) mass is 483 g/mol. The lowest BCUT2D eigenvalue weighted by Gasteiger charge is -2.19. The van der Waals surface area contributed by atoms with Crippen molar-refractivity contribution in [1.82, 2.24) is 10.6 Å². The second-order valence-corrected chi connectivity index (χ2v) is 6.91. The Hall–Kier alpha value is -1.83. The molecule has 4 nitrogen and oxygen atoms in total. The van der Waals surface area contributed by atoms with Crippen LogP contribution in [-0.2, 0) is 11.8 Å². The molecule has 27 heavy (non-hydrogen) atoms. The third kappa shape index (κ3) is 6.09. The molecule has 2 aromatic carbocycles. The highest BCUT2D eigenvalue weighted by molar-refractivity contribution is 14.0. The van der Waals surface area contributed by atoms with Crippen LogP contribution in [0.25, 0.3) is 0 Å². The van der Waals surface area contributed by atoms with Crippen LogP contribution in [0, 0.1) is 5.82 Å². The maximum atomic E-state index is 13.5. The molecule has 1 fully saturated rings. The molecule has 0 heterocycles. The van der Waals surface area contributed by atoms with Crippen LogP contribution < -0.4 is 10.6 Å². The van der Waals surface area contributed by atoms with Gasteiger partial charge in [0.25, 0.3) is 0 Å². The Morgan fingerprint density at radius 1 is 1.15 bits per heavy atom. The molecule has 1 saturated carbocycles. The van der Waals surface area contributed by atoms with E-state index in [2.05, 4.69) is 15.6 Å². The third-order valence-electron chi connectivity index (χ3n) is 4.98. The fraction of sp³-hybridized carbons (Fsp3) is 0.381. The second kappa shape index (κ2) is 9.92. The highest BCUT2D eigenvalue weighted by Crippen LogP contribution is 2.47. The lowest BCUT2D eigenvalue weighted by atomic mass is 9.96. The van der Waals surface area contributed by atoms with Crippen molar-refractivity contribution < 1.29 is 9.50 Å². The van der Waals surface area contributed by atoms with E-state index in [1.54, 1.807) is 31.3 Å². The molecule has 1 aliphatic rings. The molecule has 0 saturated heterocycles. The van der Waals surface area contributed by atoms with E-state index in [1.807, 2.05) is 18.2 Å². The molecule has 0 bridgehead atoms. The number of nitrogens with zero attached hydrogens (tertiary/aromatic N) is 1. The SMILES string of the molecule is CN=C(NCCCc1ccc(O)cc1)NCC1(c2cccc(F)c2)CC1.I. The summed E-state index contributed by atoms with van der Waals surface area (Å²) in [5, 5.41) is 16.0. The number of benzene rings is 2. The van der Waals surface area contributed by atoms with Crippen molar-refractivity contribution in [3.63, 3.8) is 0 Å². The summed E-state index contributed by atoms with van der Waals surface area (Å²) in [6.45, 7) is 1.57. The standard InChI is InChI=1S/C21H26FN3O.HI/c1-23-20(24-13-3-4-16-7-9-19(26)10-8-16)25-15-21(11-12-21)17-5-2-6-18(22)14-17;/h2,5-10,14,26H,3-4,11-13,15H2,1H3,(H2,23,24,25);1H. The normalized spacial score (nSPS) is 15.0. The van der Waals surface area contributed by atoms with Crippen LogP contribution in [0.5, 0.6) is 5.75 Å². The van der Waals surface area contributed by atoms with Gasteiger partial charge in [-0.3, -0.25) is 4.99 Å². The first kappa shape index (κ1) is 21.5. The Balaban J connectivity index is 0.00000261. The molecule has 1 aliphatic carbocycles. The molecule has 0 atom stereocenters. The molecule has 0 amide bonds. The maximum Gasteiger partial charge on any atom is 0.191 e. The van der Waals surface area contributed by atoms with Gasteiger partial charge in [0.1, 0.15) is 11.6 Å². The third-order valence-corrected chi connectivity index (χ3v) is 4.98. The number of rotatable bonds is 7. The predicted octanol–water partition coefficient (Wildman–Crippen LogP) is 3.98. The number of aromatic hydroxyl groups is 1. The molecule has 6 heteroatoms. The molecular formula is C21H27FIN3O. The lowest BCUT2D eigenvalue weighted by molar-refractivity contribution is 0.475. The van der Waals surface area contributed by atoms with Crippen LogP contribution in [0.2, 0.25) is 0 Å². The lowest BCUT2D eigenvalue weighted by Crippen LogP contribution is -2.41. The fourth-order valence-corrected chi connectivity index (χ4v) is 3.17. The summed E-state index contributed by atoms with van der Waals surface area (Å²) in [4.78, 5) is 4.27. The Bertz CT molecular complexity index is 760. The molecule has 2 aromatic rings. The van der Waals surface area contributed by atoms with E-state index >= 15 is 0 Å². The van der Waals surface area contributed by atoms with E-state index < -0.39 is 0 Å². The zero-order valence-corrected chi connectivity index (χ0v) is 17.9. The van der Waals surface area contributed by atoms with Crippen LogP contribution in [0.1, 0.15) is 30.4 Å². The molecule has 3 N–H and O–H groups in total. The van der Waals surface area contributed by atoms with Gasteiger partial charge in [0.2, 0.25) is 0 Å². The van der Waals surface area contributed by atoms with Crippen molar-refractivity contribution >= 4 is 29.9 Å². The molecule has 0 radical (unpaired) electrons. The first-order chi connectivity index (χ1) is 12.6. The summed E-state index contributed by atoms with van der Waals surface area (Å²) in [5.41, 5.74) is 2.30. The number of guanidine groups is 1. The van der Waals surface area contributed by atoms with E-state index in [0.717, 1.165) is 50.3 Å². The molecule has 0 unspecified atom stereocenters. The van der Waals surface area contributed by atoms with Crippen molar-refractivity contribution in [2.24, 2.45) is 4.99 Å². The summed E-state index contributed by atoms with van der Waals surface area (Å²) in [6, 6.07) is 14.2. The molecule has 146 valence electrons. The van der Waals surface area contributed by atoms with E-state index in [4.69, 9.17) is 0 Å². The number of aliphatic imine (C=N–C) groups is 1. The van der Waals surface area contributed by atoms with Crippen LogP contribution in [0.15, 0.2) is 53.5 Å². The van der Waals surface area contributed by atoms with Gasteiger partial charge in [0.05, 0.1) is 0 Å². The van der Waals surface area contributed by atoms with Gasteiger partial charge in [-0.1, -0.05) is 24.3 Å². The van der Waals surface area contributed by atoms with E-state index in [0.29, 0.717) is 5.75 Å². The maximum absolute atomic E-state index is 13.5. The van der Waals surface area contributed by atoms with E-state index in [1.165, 1.54) is 11.6 Å². The van der Waals surface area contributed by atoms with Gasteiger partial charge in [-0.2, -0.15) is 0 Å². The van der Waals surface area contributed by atoms with Crippen molar-refractivity contribution in [1.29, 1.82) is 0 Å². The topological polar surface area (TPSA) is 56.7 Å². The highest BCUT2D eigenvalue weighted by atomic mass is 127. The molecule has 0 aliphatic heterocycles. The fourth-order valence-electron chi connectivity index (χ4n) is 3.17. The number of hydrogen-bond donors (Lipinski definition) is 3. The Morgan fingerprint density at radius 3 is 2.52 bits per heavy atom. The zero-order valence-electron chi connectivity index (χ0n) is 15.5. The Morgan fingerprint density at radius 2 is 1.89 bits per heavy atom. The largest absolute Gasteiger partial charge is 0.508 e. The number of phenolic OH excluding ortho intramolecular Hbond substituents is 1. The van der Waals surface area contributed by atoms with E-state index in [-0.39, 0.29) is 35.2 Å². The van der Waals surface area contributed by atoms with Crippen molar-refractivity contribution in [3.05, 3.63) is 65.5 Å². The number of phenols is 1. The van der Waals surface area contributed by atoms with Gasteiger partial charge in [-0.15, -0.1) is 24.0 Å². The number of hydrogen-bond acceptors (Lipinski definition) is 2. The van der Waals surface area contributed by atoms with Gasteiger partial charge >= 0.3 is 0 Å². The molecule has 3 rings (SSSR count). The van der Waals surface area contributed by atoms with E-state index in [9.17, 15) is 9.50 Å². The second-order valence-electron chi connectivity index (χ2n) is 6.91. The number of aryl methyl sites for hydroxylation is 1. The van der Waals surface area contributed by atoms with Crippen LogP contribution in [0.3, 0.4) is 0 Å². The first-order valence-corrected chi connectivity index (χ1v) is 9.10. The van der Waals surface area contributed by atoms with Gasteiger partial charge in [0, 0.05) is 25.6 Å². The summed E-state index contributed by atoms with van der Waals surface area (Å²) < 4.78 is 13.5. The van der Waals surface area contributed by atoms with Gasteiger partial charge in [0.15, 0.2) is 5.96 Å². The molecular weight excluding hydrogens is 456 g/mol. The predicted molar refractivity (Wildman–Crippen MR) is 119 cm³/mol. The summed E-state index contributed by atoms with van der Waals surface area (Å²) in [5.74, 6) is 0.896. The zero-order chi connectivity index (χ0) is 18.4. The van der Waals surface area contributed by atoms with Gasteiger partial charge in [-0.25, -0.2) is 4.39 Å². The quantitative estimate of drug-likeness (QED) is 0.242. The summed E-state index contributed by atoms with van der Waals surface area (Å²) in [7, 11) is 1.76. The van der Waals surface area contributed by atoms with Crippen molar-refractivity contribution in [3.8, 4) is 5.75 Å². The van der Waals surface area contributed by atoms with Crippen LogP contribution in [-0.4, -0.2) is 31.2 Å². The van der Waals surface area contributed by atoms with Crippen molar-refractivity contribution in [2.45, 2.75) is 31.1 Å². The van der Waals surface area contributed by atoms with Crippen LogP contribution >= 0.6 is 24.0 Å². The summed E-state index contributed by atoms with van der Waals surface area (Å²) in [6.07, 6.45) is 4.06. The minimum atomic E-state index is -0.175. The molecule has 0 spiro atoms. The first-order valence-electron chi connectivity index (χ1n) is 9.10.